The lowest BCUT2D eigenvalue weighted by Gasteiger charge is -2.13. The third kappa shape index (κ3) is 5.07. The number of nitrogens with one attached hydrogen (secondary N) is 1. The number of carboxylic acids is 1. The molecule has 1 atom stereocenters. The Morgan fingerprint density at radius 1 is 1.48 bits per heavy atom. The monoisotopic (exact) mass is 312 g/mol. The molecule has 21 heavy (non-hydrogen) atoms. The van der Waals surface area contributed by atoms with Gasteiger partial charge in [0.05, 0.1) is 4.92 Å². The number of rotatable bonds is 7. The van der Waals surface area contributed by atoms with Gasteiger partial charge in [-0.15, -0.1) is 0 Å². The van der Waals surface area contributed by atoms with Gasteiger partial charge in [-0.3, -0.25) is 14.9 Å². The summed E-state index contributed by atoms with van der Waals surface area (Å²) in [5.41, 5.74) is 1.40. The van der Waals surface area contributed by atoms with Crippen LogP contribution in [0.4, 0.5) is 5.69 Å². The van der Waals surface area contributed by atoms with Crippen molar-refractivity contribution in [3.05, 3.63) is 39.4 Å². The molecule has 2 N–H and O–H groups in total. The van der Waals surface area contributed by atoms with Gasteiger partial charge in [0.1, 0.15) is 6.04 Å². The van der Waals surface area contributed by atoms with Crippen molar-refractivity contribution >= 4 is 29.3 Å². The topological polar surface area (TPSA) is 110 Å². The van der Waals surface area contributed by atoms with E-state index in [1.807, 2.05) is 0 Å². The minimum Gasteiger partial charge on any atom is -0.480 e. The van der Waals surface area contributed by atoms with Crippen LogP contribution in [-0.4, -0.2) is 33.7 Å². The van der Waals surface area contributed by atoms with Gasteiger partial charge in [0.2, 0.25) is 5.91 Å². The molecule has 0 aromatic heterocycles. The van der Waals surface area contributed by atoms with Crippen molar-refractivity contribution in [2.75, 3.05) is 5.75 Å². The van der Waals surface area contributed by atoms with E-state index in [-0.39, 0.29) is 11.4 Å². The Morgan fingerprint density at radius 2 is 2.14 bits per heavy atom. The number of amides is 1. The quantitative estimate of drug-likeness (QED) is 0.586. The van der Waals surface area contributed by atoms with Crippen molar-refractivity contribution in [1.29, 1.82) is 0 Å². The molecule has 0 aliphatic heterocycles. The molecule has 8 heteroatoms. The summed E-state index contributed by atoms with van der Waals surface area (Å²) >= 11 is 1.30. The third-order valence-electron chi connectivity index (χ3n) is 2.83. The van der Waals surface area contributed by atoms with Crippen molar-refractivity contribution in [3.63, 3.8) is 0 Å². The van der Waals surface area contributed by atoms with Gasteiger partial charge in [0.25, 0.3) is 5.69 Å². The molecular weight excluding hydrogens is 296 g/mol. The lowest BCUT2D eigenvalue weighted by atomic mass is 10.1. The summed E-state index contributed by atoms with van der Waals surface area (Å²) in [5, 5.41) is 22.2. The van der Waals surface area contributed by atoms with E-state index < -0.39 is 22.8 Å². The highest BCUT2D eigenvalue weighted by Crippen LogP contribution is 2.24. The predicted molar refractivity (Wildman–Crippen MR) is 79.2 cm³/mol. The number of thioether (sulfide) groups is 1. The first kappa shape index (κ1) is 17.0. The normalized spacial score (nSPS) is 11.7. The number of aliphatic carboxylic acids is 1. The Bertz CT molecular complexity index is 561. The maximum atomic E-state index is 11.0. The molecular formula is C13H16N2O5S. The number of carbonyl (C=O) groups is 2. The zero-order chi connectivity index (χ0) is 16.0. The number of nitrogens with zero attached hydrogens (tertiary/aromatic N) is 1. The Morgan fingerprint density at radius 3 is 2.67 bits per heavy atom. The van der Waals surface area contributed by atoms with E-state index >= 15 is 0 Å². The van der Waals surface area contributed by atoms with Crippen LogP contribution < -0.4 is 5.32 Å². The summed E-state index contributed by atoms with van der Waals surface area (Å²) in [6, 6.07) is 3.83. The van der Waals surface area contributed by atoms with Gasteiger partial charge < -0.3 is 10.4 Å². The van der Waals surface area contributed by atoms with E-state index in [0.29, 0.717) is 11.3 Å². The molecule has 0 unspecified atom stereocenters. The van der Waals surface area contributed by atoms with Crippen molar-refractivity contribution < 1.29 is 19.6 Å². The van der Waals surface area contributed by atoms with Gasteiger partial charge in [0.15, 0.2) is 0 Å². The van der Waals surface area contributed by atoms with Crippen molar-refractivity contribution in [2.24, 2.45) is 0 Å². The Kier molecular flexibility index (Phi) is 6.16. The molecule has 0 saturated carbocycles. The first-order valence-corrected chi connectivity index (χ1v) is 7.29. The van der Waals surface area contributed by atoms with Crippen molar-refractivity contribution in [1.82, 2.24) is 5.32 Å². The highest BCUT2D eigenvalue weighted by atomic mass is 32.2. The number of carbonyl (C=O) groups excluding carboxylic acids is 1. The molecule has 0 spiro atoms. The zero-order valence-corrected chi connectivity index (χ0v) is 12.5. The van der Waals surface area contributed by atoms with Crippen molar-refractivity contribution in [3.8, 4) is 0 Å². The molecule has 1 rings (SSSR count). The fourth-order valence-corrected chi connectivity index (χ4v) is 2.84. The second kappa shape index (κ2) is 7.63. The molecule has 7 nitrogen and oxygen atoms in total. The third-order valence-corrected chi connectivity index (χ3v) is 3.92. The first-order valence-electron chi connectivity index (χ1n) is 6.13. The van der Waals surface area contributed by atoms with Gasteiger partial charge in [-0.1, -0.05) is 12.1 Å². The van der Waals surface area contributed by atoms with Crippen LogP contribution in [0.5, 0.6) is 0 Å². The molecule has 0 saturated heterocycles. The average Bonchev–Trinajstić information content (AvgIpc) is 2.38. The molecule has 0 aliphatic rings. The van der Waals surface area contributed by atoms with Gasteiger partial charge >= 0.3 is 5.97 Å². The number of nitro benzene ring substituents is 1. The van der Waals surface area contributed by atoms with E-state index in [1.165, 1.54) is 24.8 Å². The molecule has 0 heterocycles. The molecule has 1 aromatic rings. The van der Waals surface area contributed by atoms with E-state index in [2.05, 4.69) is 5.32 Å². The summed E-state index contributed by atoms with van der Waals surface area (Å²) in [5.74, 6) is -0.878. The summed E-state index contributed by atoms with van der Waals surface area (Å²) < 4.78 is 0. The highest BCUT2D eigenvalue weighted by molar-refractivity contribution is 7.98. The van der Waals surface area contributed by atoms with Crippen LogP contribution in [0, 0.1) is 17.0 Å². The molecule has 114 valence electrons. The Hall–Kier alpha value is -2.09. The summed E-state index contributed by atoms with van der Waals surface area (Å²) in [6.07, 6.45) is 0. The highest BCUT2D eigenvalue weighted by Gasteiger charge is 2.19. The molecule has 0 aliphatic carbocycles. The summed E-state index contributed by atoms with van der Waals surface area (Å²) in [7, 11) is 0. The molecule has 0 radical (unpaired) electrons. The second-order valence-electron chi connectivity index (χ2n) is 4.42. The van der Waals surface area contributed by atoms with Gasteiger partial charge in [0, 0.05) is 30.1 Å². The molecule has 0 bridgehead atoms. The maximum absolute atomic E-state index is 11.0. The van der Waals surface area contributed by atoms with Crippen LogP contribution in [0.15, 0.2) is 18.2 Å². The lowest BCUT2D eigenvalue weighted by molar-refractivity contribution is -0.385. The minimum atomic E-state index is -1.10. The van der Waals surface area contributed by atoms with E-state index in [9.17, 15) is 19.7 Å². The van der Waals surface area contributed by atoms with Crippen LogP contribution in [-0.2, 0) is 15.3 Å². The lowest BCUT2D eigenvalue weighted by Crippen LogP contribution is -2.41. The molecule has 1 amide bonds. The average molecular weight is 312 g/mol. The fraction of sp³-hybridized carbons (Fsp3) is 0.385. The van der Waals surface area contributed by atoms with Gasteiger partial charge in [-0.05, 0) is 12.5 Å². The van der Waals surface area contributed by atoms with Gasteiger partial charge in [-0.2, -0.15) is 11.8 Å². The minimum absolute atomic E-state index is 0.0461. The largest absolute Gasteiger partial charge is 0.480 e. The molecule has 1 aromatic carbocycles. The van der Waals surface area contributed by atoms with E-state index in [4.69, 9.17) is 5.11 Å². The van der Waals surface area contributed by atoms with Crippen LogP contribution in [0.1, 0.15) is 18.1 Å². The summed E-state index contributed by atoms with van der Waals surface area (Å²) in [4.78, 5) is 32.3. The zero-order valence-electron chi connectivity index (χ0n) is 11.7. The number of hydrogen-bond donors (Lipinski definition) is 2. The maximum Gasteiger partial charge on any atom is 0.327 e. The first-order chi connectivity index (χ1) is 9.82. The Balaban J connectivity index is 2.67. The number of nitro groups is 1. The van der Waals surface area contributed by atoms with Gasteiger partial charge in [-0.25, -0.2) is 4.79 Å². The number of hydrogen-bond acceptors (Lipinski definition) is 5. The number of carboxylic acid groups (broad SMARTS) is 1. The predicted octanol–water partition coefficient (Wildman–Crippen LogP) is 1.73. The second-order valence-corrected chi connectivity index (χ2v) is 5.46. The molecule has 0 fully saturated rings. The van der Waals surface area contributed by atoms with Crippen LogP contribution >= 0.6 is 11.8 Å². The summed E-state index contributed by atoms with van der Waals surface area (Å²) in [6.45, 7) is 2.92. The number of benzene rings is 1. The van der Waals surface area contributed by atoms with Crippen molar-refractivity contribution in [2.45, 2.75) is 25.6 Å². The van der Waals surface area contributed by atoms with E-state index in [1.54, 1.807) is 19.1 Å². The standard InChI is InChI=1S/C13H16N2O5S/c1-8-10(4-3-5-12(8)15(19)20)6-21-7-11(13(17)18)14-9(2)16/h3-5,11H,6-7H2,1-2H3,(H,14,16)(H,17,18)/t11-/m0/s1. The smallest absolute Gasteiger partial charge is 0.327 e. The fourth-order valence-electron chi connectivity index (χ4n) is 1.73. The van der Waals surface area contributed by atoms with Crippen LogP contribution in [0.2, 0.25) is 0 Å². The van der Waals surface area contributed by atoms with Crippen LogP contribution in [0.25, 0.3) is 0 Å². The van der Waals surface area contributed by atoms with Crippen LogP contribution in [0.3, 0.4) is 0 Å². The Labute approximate surface area is 125 Å². The SMILES string of the molecule is CC(=O)N[C@@H](CSCc1cccc([N+](=O)[O-])c1C)C(=O)O. The van der Waals surface area contributed by atoms with E-state index in [0.717, 1.165) is 5.56 Å².